The molecule has 0 aliphatic heterocycles. The monoisotopic (exact) mass is 250 g/mol. The molecule has 0 radical (unpaired) electrons. The summed E-state index contributed by atoms with van der Waals surface area (Å²) in [4.78, 5) is 0. The molecule has 0 saturated heterocycles. The van der Waals surface area contributed by atoms with E-state index in [9.17, 15) is 4.39 Å². The molecule has 0 aliphatic rings. The van der Waals surface area contributed by atoms with E-state index in [1.165, 1.54) is 6.07 Å². The maximum absolute atomic E-state index is 13.3. The highest BCUT2D eigenvalue weighted by molar-refractivity contribution is 5.50. The van der Waals surface area contributed by atoms with E-state index in [1.807, 2.05) is 6.07 Å². The molecule has 2 aromatic rings. The molecule has 0 saturated carbocycles. The fourth-order valence-corrected chi connectivity index (χ4v) is 1.62. The van der Waals surface area contributed by atoms with Crippen molar-refractivity contribution in [2.24, 2.45) is 0 Å². The predicted octanol–water partition coefficient (Wildman–Crippen LogP) is 1.33. The van der Waals surface area contributed by atoms with Crippen LogP contribution in [0.15, 0.2) is 24.4 Å². The van der Waals surface area contributed by atoms with E-state index in [0.29, 0.717) is 18.7 Å². The minimum absolute atomic E-state index is 0.0270. The molecular weight excluding hydrogens is 235 g/mol. The molecule has 6 heteroatoms. The molecule has 5 nitrogen and oxygen atoms in total. The Morgan fingerprint density at radius 3 is 3.06 bits per heavy atom. The van der Waals surface area contributed by atoms with Gasteiger partial charge in [-0.15, -0.1) is 5.10 Å². The van der Waals surface area contributed by atoms with Gasteiger partial charge in [0.15, 0.2) is 0 Å². The first-order valence-electron chi connectivity index (χ1n) is 5.69. The lowest BCUT2D eigenvalue weighted by atomic mass is 10.2. The average Bonchev–Trinajstić information content (AvgIpc) is 2.79. The van der Waals surface area contributed by atoms with Gasteiger partial charge in [0.25, 0.3) is 0 Å². The van der Waals surface area contributed by atoms with Crippen molar-refractivity contribution in [2.75, 3.05) is 11.9 Å². The Morgan fingerprint density at radius 2 is 2.28 bits per heavy atom. The van der Waals surface area contributed by atoms with Crippen LogP contribution in [0.5, 0.6) is 0 Å². The molecule has 96 valence electrons. The Balaban J connectivity index is 2.00. The van der Waals surface area contributed by atoms with E-state index in [0.717, 1.165) is 11.4 Å². The zero-order valence-electron chi connectivity index (χ0n) is 10.1. The highest BCUT2D eigenvalue weighted by Crippen LogP contribution is 2.17. The Morgan fingerprint density at radius 1 is 1.44 bits per heavy atom. The quantitative estimate of drug-likeness (QED) is 0.840. The number of benzene rings is 1. The number of aliphatic hydroxyl groups excluding tert-OH is 1. The lowest BCUT2D eigenvalue weighted by Crippen LogP contribution is -2.03. The standard InChI is InChI=1S/C12H15FN4O/c1-9-11(13)3-2-4-12(9)14-7-10-8-17(5-6-18)16-15-10/h2-4,8,14,18H,5-7H2,1H3. The van der Waals surface area contributed by atoms with Crippen LogP contribution in [0.3, 0.4) is 0 Å². The van der Waals surface area contributed by atoms with Gasteiger partial charge in [-0.3, -0.25) is 0 Å². The summed E-state index contributed by atoms with van der Waals surface area (Å²) in [5.41, 5.74) is 2.07. The van der Waals surface area contributed by atoms with E-state index in [-0.39, 0.29) is 12.4 Å². The van der Waals surface area contributed by atoms with Crippen molar-refractivity contribution in [1.82, 2.24) is 15.0 Å². The van der Waals surface area contributed by atoms with Gasteiger partial charge in [-0.1, -0.05) is 11.3 Å². The lowest BCUT2D eigenvalue weighted by Gasteiger charge is -2.08. The first kappa shape index (κ1) is 12.5. The zero-order chi connectivity index (χ0) is 13.0. The number of halogens is 1. The van der Waals surface area contributed by atoms with Crippen LogP contribution < -0.4 is 5.32 Å². The molecule has 0 spiro atoms. The van der Waals surface area contributed by atoms with Gasteiger partial charge >= 0.3 is 0 Å². The van der Waals surface area contributed by atoms with E-state index >= 15 is 0 Å². The normalized spacial score (nSPS) is 10.6. The SMILES string of the molecule is Cc1c(F)cccc1NCc1cn(CCO)nn1. The molecule has 0 fully saturated rings. The van der Waals surface area contributed by atoms with Crippen LogP contribution >= 0.6 is 0 Å². The average molecular weight is 250 g/mol. The number of aromatic nitrogens is 3. The third-order valence-corrected chi connectivity index (χ3v) is 2.64. The molecule has 2 rings (SSSR count). The van der Waals surface area contributed by atoms with Crippen molar-refractivity contribution in [1.29, 1.82) is 0 Å². The van der Waals surface area contributed by atoms with E-state index in [1.54, 1.807) is 23.9 Å². The molecule has 1 heterocycles. The van der Waals surface area contributed by atoms with Gasteiger partial charge < -0.3 is 10.4 Å². The van der Waals surface area contributed by atoms with Gasteiger partial charge in [-0.2, -0.15) is 0 Å². The maximum Gasteiger partial charge on any atom is 0.128 e. The molecule has 0 amide bonds. The first-order valence-corrected chi connectivity index (χ1v) is 5.69. The molecule has 0 unspecified atom stereocenters. The summed E-state index contributed by atoms with van der Waals surface area (Å²) < 4.78 is 14.9. The van der Waals surface area contributed by atoms with Gasteiger partial charge in [-0.25, -0.2) is 9.07 Å². The minimum atomic E-state index is -0.232. The molecule has 18 heavy (non-hydrogen) atoms. The summed E-state index contributed by atoms with van der Waals surface area (Å²) in [5, 5.41) is 19.7. The fourth-order valence-electron chi connectivity index (χ4n) is 1.62. The number of nitrogens with zero attached hydrogens (tertiary/aromatic N) is 3. The minimum Gasteiger partial charge on any atom is -0.394 e. The second-order valence-electron chi connectivity index (χ2n) is 3.96. The number of nitrogens with one attached hydrogen (secondary N) is 1. The summed E-state index contributed by atoms with van der Waals surface area (Å²) in [6.07, 6.45) is 1.75. The van der Waals surface area contributed by atoms with Crippen LogP contribution in [0.4, 0.5) is 10.1 Å². The van der Waals surface area contributed by atoms with Crippen LogP contribution in [0.1, 0.15) is 11.3 Å². The number of hydrogen-bond donors (Lipinski definition) is 2. The first-order chi connectivity index (χ1) is 8.70. The molecule has 1 aromatic carbocycles. The molecule has 1 aromatic heterocycles. The van der Waals surface area contributed by atoms with Crippen LogP contribution in [0.25, 0.3) is 0 Å². The summed E-state index contributed by atoms with van der Waals surface area (Å²) in [7, 11) is 0. The summed E-state index contributed by atoms with van der Waals surface area (Å²) in [6, 6.07) is 4.90. The van der Waals surface area contributed by atoms with Gasteiger partial charge in [0.05, 0.1) is 25.9 Å². The van der Waals surface area contributed by atoms with Crippen molar-refractivity contribution in [3.63, 3.8) is 0 Å². The van der Waals surface area contributed by atoms with Crippen LogP contribution in [-0.4, -0.2) is 26.7 Å². The fraction of sp³-hybridized carbons (Fsp3) is 0.333. The second kappa shape index (κ2) is 5.59. The Kier molecular flexibility index (Phi) is 3.88. The van der Waals surface area contributed by atoms with Crippen molar-refractivity contribution < 1.29 is 9.50 Å². The number of rotatable bonds is 5. The summed E-state index contributed by atoms with van der Waals surface area (Å²) in [5.74, 6) is -0.232. The highest BCUT2D eigenvalue weighted by Gasteiger charge is 2.04. The third kappa shape index (κ3) is 2.84. The van der Waals surface area contributed by atoms with Crippen molar-refractivity contribution >= 4 is 5.69 Å². The number of aliphatic hydroxyl groups is 1. The van der Waals surface area contributed by atoms with Gasteiger partial charge in [-0.05, 0) is 19.1 Å². The largest absolute Gasteiger partial charge is 0.394 e. The van der Waals surface area contributed by atoms with Crippen molar-refractivity contribution in [2.45, 2.75) is 20.0 Å². The van der Waals surface area contributed by atoms with E-state index < -0.39 is 0 Å². The Labute approximate surface area is 104 Å². The maximum atomic E-state index is 13.3. The summed E-state index contributed by atoms with van der Waals surface area (Å²) >= 11 is 0. The van der Waals surface area contributed by atoms with Crippen LogP contribution in [0, 0.1) is 12.7 Å². The summed E-state index contributed by atoms with van der Waals surface area (Å²) in [6.45, 7) is 2.64. The van der Waals surface area contributed by atoms with E-state index in [4.69, 9.17) is 5.11 Å². The predicted molar refractivity (Wildman–Crippen MR) is 65.6 cm³/mol. The molecular formula is C12H15FN4O. The van der Waals surface area contributed by atoms with Gasteiger partial charge in [0.2, 0.25) is 0 Å². The third-order valence-electron chi connectivity index (χ3n) is 2.64. The second-order valence-corrected chi connectivity index (χ2v) is 3.96. The van der Waals surface area contributed by atoms with Crippen LogP contribution in [0.2, 0.25) is 0 Å². The van der Waals surface area contributed by atoms with Gasteiger partial charge in [0, 0.05) is 11.3 Å². The van der Waals surface area contributed by atoms with Crippen molar-refractivity contribution in [3.05, 3.63) is 41.5 Å². The molecule has 2 N–H and O–H groups in total. The Hall–Kier alpha value is -1.95. The van der Waals surface area contributed by atoms with Gasteiger partial charge in [0.1, 0.15) is 11.5 Å². The zero-order valence-corrected chi connectivity index (χ0v) is 10.1. The Bertz CT molecular complexity index is 527. The number of anilines is 1. The topological polar surface area (TPSA) is 63.0 Å². The van der Waals surface area contributed by atoms with Crippen LogP contribution in [-0.2, 0) is 13.1 Å². The molecule has 0 bridgehead atoms. The highest BCUT2D eigenvalue weighted by atomic mass is 19.1. The molecule has 0 aliphatic carbocycles. The lowest BCUT2D eigenvalue weighted by molar-refractivity contribution is 0.268. The molecule has 0 atom stereocenters. The smallest absolute Gasteiger partial charge is 0.128 e. The van der Waals surface area contributed by atoms with E-state index in [2.05, 4.69) is 15.6 Å². The number of hydrogen-bond acceptors (Lipinski definition) is 4. The van der Waals surface area contributed by atoms with Crippen molar-refractivity contribution in [3.8, 4) is 0 Å².